The number of para-hydroxylation sites is 2. The lowest BCUT2D eigenvalue weighted by molar-refractivity contribution is 0.102. The van der Waals surface area contributed by atoms with Gasteiger partial charge in [-0.2, -0.15) is 0 Å². The summed E-state index contributed by atoms with van der Waals surface area (Å²) in [4.78, 5) is 12.6. The first-order valence-electron chi connectivity index (χ1n) is 8.56. The number of amides is 1. The predicted molar refractivity (Wildman–Crippen MR) is 109 cm³/mol. The summed E-state index contributed by atoms with van der Waals surface area (Å²) < 4.78 is 28.0. The fourth-order valence-electron chi connectivity index (χ4n) is 2.70. The van der Waals surface area contributed by atoms with Crippen molar-refractivity contribution in [1.82, 2.24) is 0 Å². The molecule has 0 atom stereocenters. The fourth-order valence-corrected chi connectivity index (χ4v) is 4.08. The number of carbonyl (C=O) groups excluding carboxylic acids is 1. The van der Waals surface area contributed by atoms with Gasteiger partial charge in [0, 0.05) is 11.3 Å². The van der Waals surface area contributed by atoms with E-state index >= 15 is 0 Å². The highest BCUT2D eigenvalue weighted by Crippen LogP contribution is 2.24. The van der Waals surface area contributed by atoms with Gasteiger partial charge in [-0.25, -0.2) is 8.42 Å². The van der Waals surface area contributed by atoms with E-state index in [0.717, 1.165) is 5.56 Å². The van der Waals surface area contributed by atoms with Gasteiger partial charge < -0.3 is 10.4 Å². The van der Waals surface area contributed by atoms with Gasteiger partial charge in [0.2, 0.25) is 0 Å². The van der Waals surface area contributed by atoms with E-state index in [1.807, 2.05) is 13.0 Å². The molecule has 28 heavy (non-hydrogen) atoms. The van der Waals surface area contributed by atoms with Crippen LogP contribution in [0, 0.1) is 13.8 Å². The highest BCUT2D eigenvalue weighted by atomic mass is 32.2. The Morgan fingerprint density at radius 3 is 2.43 bits per heavy atom. The average molecular weight is 396 g/mol. The number of hydrogen-bond acceptors (Lipinski definition) is 4. The van der Waals surface area contributed by atoms with E-state index in [0.29, 0.717) is 5.56 Å². The number of hydrogen-bond donors (Lipinski definition) is 3. The molecule has 0 saturated heterocycles. The van der Waals surface area contributed by atoms with Crippen molar-refractivity contribution in [3.8, 4) is 5.75 Å². The van der Waals surface area contributed by atoms with E-state index in [1.54, 1.807) is 55.5 Å². The lowest BCUT2D eigenvalue weighted by Crippen LogP contribution is -2.16. The van der Waals surface area contributed by atoms with Gasteiger partial charge in [0.05, 0.1) is 10.6 Å². The standard InChI is InChI=1S/C21H20N2O4S/c1-14-10-11-15(2)20(12-14)28(26,27)23-17-7-5-6-16(13-17)21(25)22-18-8-3-4-9-19(18)24/h3-13,23-24H,1-2H3,(H,22,25). The third-order valence-electron chi connectivity index (χ3n) is 4.16. The Morgan fingerprint density at radius 1 is 0.929 bits per heavy atom. The largest absolute Gasteiger partial charge is 0.506 e. The van der Waals surface area contributed by atoms with Crippen molar-refractivity contribution in [2.45, 2.75) is 18.7 Å². The summed E-state index contributed by atoms with van der Waals surface area (Å²) in [5.74, 6) is -0.517. The Kier molecular flexibility index (Phi) is 5.37. The lowest BCUT2D eigenvalue weighted by Gasteiger charge is -2.12. The van der Waals surface area contributed by atoms with Gasteiger partial charge in [-0.05, 0) is 61.4 Å². The number of aromatic hydroxyl groups is 1. The van der Waals surface area contributed by atoms with Crippen LogP contribution in [0.1, 0.15) is 21.5 Å². The molecular formula is C21H20N2O4S. The number of sulfonamides is 1. The van der Waals surface area contributed by atoms with Crippen LogP contribution < -0.4 is 10.0 Å². The van der Waals surface area contributed by atoms with E-state index in [-0.39, 0.29) is 27.6 Å². The lowest BCUT2D eigenvalue weighted by atomic mass is 10.2. The Hall–Kier alpha value is -3.32. The SMILES string of the molecule is Cc1ccc(C)c(S(=O)(=O)Nc2cccc(C(=O)Nc3ccccc3O)c2)c1. The first-order chi connectivity index (χ1) is 13.3. The first kappa shape index (κ1) is 19.4. The fraction of sp³-hybridized carbons (Fsp3) is 0.0952. The van der Waals surface area contributed by atoms with E-state index in [9.17, 15) is 18.3 Å². The van der Waals surface area contributed by atoms with Crippen LogP contribution in [-0.2, 0) is 10.0 Å². The molecule has 0 bridgehead atoms. The van der Waals surface area contributed by atoms with Crippen molar-refractivity contribution < 1.29 is 18.3 Å². The molecule has 0 aliphatic rings. The highest BCUT2D eigenvalue weighted by molar-refractivity contribution is 7.92. The van der Waals surface area contributed by atoms with Gasteiger partial charge in [0.25, 0.3) is 15.9 Å². The molecule has 0 radical (unpaired) electrons. The summed E-state index contributed by atoms with van der Waals surface area (Å²) >= 11 is 0. The minimum Gasteiger partial charge on any atom is -0.506 e. The third-order valence-corrected chi connectivity index (χ3v) is 5.69. The molecule has 6 nitrogen and oxygen atoms in total. The number of benzene rings is 3. The molecule has 0 fully saturated rings. The maximum Gasteiger partial charge on any atom is 0.262 e. The molecule has 0 heterocycles. The van der Waals surface area contributed by atoms with Crippen LogP contribution in [0.4, 0.5) is 11.4 Å². The monoisotopic (exact) mass is 396 g/mol. The van der Waals surface area contributed by atoms with Crippen molar-refractivity contribution in [2.75, 3.05) is 10.0 Å². The zero-order chi connectivity index (χ0) is 20.3. The predicted octanol–water partition coefficient (Wildman–Crippen LogP) is 4.06. The molecule has 0 aliphatic heterocycles. The van der Waals surface area contributed by atoms with Gasteiger partial charge in [-0.15, -0.1) is 0 Å². The second-order valence-corrected chi connectivity index (χ2v) is 8.08. The minimum absolute atomic E-state index is 0.0531. The van der Waals surface area contributed by atoms with Gasteiger partial charge in [0.15, 0.2) is 0 Å². The van der Waals surface area contributed by atoms with Crippen molar-refractivity contribution >= 4 is 27.3 Å². The van der Waals surface area contributed by atoms with Gasteiger partial charge in [-0.1, -0.05) is 30.3 Å². The van der Waals surface area contributed by atoms with Gasteiger partial charge in [0.1, 0.15) is 5.75 Å². The molecule has 0 aromatic heterocycles. The van der Waals surface area contributed by atoms with Crippen LogP contribution in [-0.4, -0.2) is 19.4 Å². The molecular weight excluding hydrogens is 376 g/mol. The summed E-state index contributed by atoms with van der Waals surface area (Å²) in [7, 11) is -3.80. The number of anilines is 2. The van der Waals surface area contributed by atoms with Crippen molar-refractivity contribution in [2.24, 2.45) is 0 Å². The molecule has 0 saturated carbocycles. The number of carbonyl (C=O) groups is 1. The molecule has 0 aliphatic carbocycles. The second-order valence-electron chi connectivity index (χ2n) is 6.43. The highest BCUT2D eigenvalue weighted by Gasteiger charge is 2.18. The number of aryl methyl sites for hydroxylation is 2. The zero-order valence-corrected chi connectivity index (χ0v) is 16.2. The van der Waals surface area contributed by atoms with E-state index in [4.69, 9.17) is 0 Å². The normalized spacial score (nSPS) is 11.1. The number of phenols is 1. The number of rotatable bonds is 5. The van der Waals surface area contributed by atoms with Crippen molar-refractivity contribution in [3.05, 3.63) is 83.4 Å². The molecule has 7 heteroatoms. The topological polar surface area (TPSA) is 95.5 Å². The summed E-state index contributed by atoms with van der Waals surface area (Å²) in [6.45, 7) is 3.55. The Balaban J connectivity index is 1.84. The Labute approximate surface area is 163 Å². The smallest absolute Gasteiger partial charge is 0.262 e. The molecule has 0 unspecified atom stereocenters. The molecule has 3 N–H and O–H groups in total. The summed E-state index contributed by atoms with van der Waals surface area (Å²) in [6.07, 6.45) is 0. The van der Waals surface area contributed by atoms with Crippen molar-refractivity contribution in [1.29, 1.82) is 0 Å². The molecule has 3 aromatic rings. The second kappa shape index (κ2) is 7.74. The first-order valence-corrected chi connectivity index (χ1v) is 10.0. The minimum atomic E-state index is -3.80. The van der Waals surface area contributed by atoms with E-state index in [1.165, 1.54) is 12.1 Å². The Morgan fingerprint density at radius 2 is 1.68 bits per heavy atom. The number of phenolic OH excluding ortho intramolecular Hbond substituents is 1. The summed E-state index contributed by atoms with van der Waals surface area (Å²) in [5.41, 5.74) is 2.26. The van der Waals surface area contributed by atoms with Crippen LogP contribution in [0.2, 0.25) is 0 Å². The van der Waals surface area contributed by atoms with Crippen LogP contribution >= 0.6 is 0 Å². The number of nitrogens with one attached hydrogen (secondary N) is 2. The van der Waals surface area contributed by atoms with Crippen LogP contribution in [0.3, 0.4) is 0 Å². The maximum absolute atomic E-state index is 12.7. The average Bonchev–Trinajstić information content (AvgIpc) is 2.65. The summed E-state index contributed by atoms with van der Waals surface area (Å²) in [5, 5.41) is 12.4. The molecule has 3 rings (SSSR count). The Bertz CT molecular complexity index is 1140. The third kappa shape index (κ3) is 4.32. The molecule has 1 amide bonds. The molecule has 144 valence electrons. The van der Waals surface area contributed by atoms with E-state index < -0.39 is 15.9 Å². The molecule has 0 spiro atoms. The molecule has 3 aromatic carbocycles. The van der Waals surface area contributed by atoms with Crippen LogP contribution in [0.5, 0.6) is 5.75 Å². The quantitative estimate of drug-likeness (QED) is 0.567. The van der Waals surface area contributed by atoms with Crippen molar-refractivity contribution in [3.63, 3.8) is 0 Å². The summed E-state index contributed by atoms with van der Waals surface area (Å²) in [6, 6.07) is 17.7. The van der Waals surface area contributed by atoms with Gasteiger partial charge >= 0.3 is 0 Å². The van der Waals surface area contributed by atoms with Crippen LogP contribution in [0.15, 0.2) is 71.6 Å². The van der Waals surface area contributed by atoms with Gasteiger partial charge in [-0.3, -0.25) is 9.52 Å². The maximum atomic E-state index is 12.7. The van der Waals surface area contributed by atoms with E-state index in [2.05, 4.69) is 10.0 Å². The van der Waals surface area contributed by atoms with Crippen LogP contribution in [0.25, 0.3) is 0 Å². The zero-order valence-electron chi connectivity index (χ0n) is 15.4.